The summed E-state index contributed by atoms with van der Waals surface area (Å²) in [6.07, 6.45) is 4.44. The Morgan fingerprint density at radius 2 is 1.72 bits per heavy atom. The Kier molecular flexibility index (Phi) is 12.7. The van der Waals surface area contributed by atoms with Crippen LogP contribution in [-0.2, 0) is 16.0 Å². The fraction of sp³-hybridized carbons (Fsp3) is 0.481. The van der Waals surface area contributed by atoms with E-state index in [1.165, 1.54) is 6.07 Å². The van der Waals surface area contributed by atoms with E-state index < -0.39 is 29.7 Å². The van der Waals surface area contributed by atoms with Crippen molar-refractivity contribution in [3.8, 4) is 5.75 Å². The number of halogens is 2. The number of carbonyl (C=O) groups is 2. The lowest BCUT2D eigenvalue weighted by molar-refractivity contribution is -0.149. The molecule has 0 bridgehead atoms. The third-order valence-corrected chi connectivity index (χ3v) is 5.61. The summed E-state index contributed by atoms with van der Waals surface area (Å²) in [5.74, 6) is -1.98. The Hall–Kier alpha value is -3.20. The van der Waals surface area contributed by atoms with Gasteiger partial charge in [0.1, 0.15) is 24.0 Å². The lowest BCUT2D eigenvalue weighted by Crippen LogP contribution is -2.38. The number of carboxylic acid groups (broad SMARTS) is 1. The number of unbranched alkanes of at least 4 members (excludes halogenated alkanes) is 4. The third kappa shape index (κ3) is 10.2. The standard InChI is InChI=1S/C27H36F2N2O5/c1-3-5-6-7-8-15-31(27(34)30-24-14-11-21(28)19-23(24)29)16-17-36-22-12-9-20(10-13-22)18-25(26(32)33)35-4-2/h9-14,19,25H,3-8,15-18H2,1-2H3,(H,30,34)(H,32,33). The molecule has 0 aliphatic heterocycles. The summed E-state index contributed by atoms with van der Waals surface area (Å²) in [6, 6.07) is 9.57. The normalized spacial score (nSPS) is 11.7. The topological polar surface area (TPSA) is 88.1 Å². The predicted octanol–water partition coefficient (Wildman–Crippen LogP) is 5.88. The average Bonchev–Trinajstić information content (AvgIpc) is 2.85. The van der Waals surface area contributed by atoms with Gasteiger partial charge in [-0.25, -0.2) is 18.4 Å². The second-order valence-electron chi connectivity index (χ2n) is 8.43. The minimum absolute atomic E-state index is 0.0828. The van der Waals surface area contributed by atoms with Crippen molar-refractivity contribution in [2.45, 2.75) is 58.5 Å². The number of hydrogen-bond acceptors (Lipinski definition) is 4. The van der Waals surface area contributed by atoms with Gasteiger partial charge in [0.2, 0.25) is 0 Å². The highest BCUT2D eigenvalue weighted by Crippen LogP contribution is 2.17. The number of nitrogens with zero attached hydrogens (tertiary/aromatic N) is 1. The Balaban J connectivity index is 1.93. The van der Waals surface area contributed by atoms with Gasteiger partial charge in [-0.3, -0.25) is 0 Å². The Morgan fingerprint density at radius 3 is 2.36 bits per heavy atom. The highest BCUT2D eigenvalue weighted by atomic mass is 19.1. The Morgan fingerprint density at radius 1 is 1.00 bits per heavy atom. The van der Waals surface area contributed by atoms with Gasteiger partial charge in [-0.05, 0) is 43.2 Å². The van der Waals surface area contributed by atoms with Crippen molar-refractivity contribution >= 4 is 17.7 Å². The molecule has 0 aliphatic carbocycles. The summed E-state index contributed by atoms with van der Waals surface area (Å²) in [4.78, 5) is 25.6. The molecule has 0 saturated heterocycles. The van der Waals surface area contributed by atoms with Crippen LogP contribution in [0.15, 0.2) is 42.5 Å². The molecule has 0 fully saturated rings. The maximum Gasteiger partial charge on any atom is 0.333 e. The van der Waals surface area contributed by atoms with E-state index in [0.29, 0.717) is 18.9 Å². The third-order valence-electron chi connectivity index (χ3n) is 5.61. The molecule has 0 aromatic heterocycles. The van der Waals surface area contributed by atoms with Gasteiger partial charge in [0, 0.05) is 25.6 Å². The molecule has 9 heteroatoms. The van der Waals surface area contributed by atoms with Gasteiger partial charge in [-0.15, -0.1) is 0 Å². The highest BCUT2D eigenvalue weighted by Gasteiger charge is 2.18. The summed E-state index contributed by atoms with van der Waals surface area (Å²) in [7, 11) is 0. The van der Waals surface area contributed by atoms with Gasteiger partial charge >= 0.3 is 12.0 Å². The first-order chi connectivity index (χ1) is 17.3. The van der Waals surface area contributed by atoms with E-state index in [0.717, 1.165) is 49.8 Å². The lowest BCUT2D eigenvalue weighted by atomic mass is 10.1. The van der Waals surface area contributed by atoms with E-state index in [-0.39, 0.29) is 25.3 Å². The molecular formula is C27H36F2N2O5. The quantitative estimate of drug-likeness (QED) is 0.278. The fourth-order valence-electron chi connectivity index (χ4n) is 3.63. The molecule has 2 amide bonds. The van der Waals surface area contributed by atoms with Crippen molar-refractivity contribution in [1.29, 1.82) is 0 Å². The number of urea groups is 1. The second-order valence-corrected chi connectivity index (χ2v) is 8.43. The van der Waals surface area contributed by atoms with Gasteiger partial charge in [-0.1, -0.05) is 44.7 Å². The number of carboxylic acids is 1. The molecule has 198 valence electrons. The zero-order chi connectivity index (χ0) is 26.3. The zero-order valence-electron chi connectivity index (χ0n) is 21.0. The van der Waals surface area contributed by atoms with Crippen LogP contribution in [0.25, 0.3) is 0 Å². The molecule has 0 aliphatic rings. The minimum Gasteiger partial charge on any atom is -0.492 e. The van der Waals surface area contributed by atoms with Crippen LogP contribution < -0.4 is 10.1 Å². The van der Waals surface area contributed by atoms with Crippen molar-refractivity contribution in [3.05, 3.63) is 59.7 Å². The van der Waals surface area contributed by atoms with Gasteiger partial charge in [0.15, 0.2) is 6.10 Å². The molecule has 2 aromatic rings. The maximum atomic E-state index is 14.0. The number of amides is 2. The predicted molar refractivity (Wildman–Crippen MR) is 134 cm³/mol. The summed E-state index contributed by atoms with van der Waals surface area (Å²) in [5, 5.41) is 11.7. The largest absolute Gasteiger partial charge is 0.492 e. The lowest BCUT2D eigenvalue weighted by Gasteiger charge is -2.23. The van der Waals surface area contributed by atoms with Gasteiger partial charge in [-0.2, -0.15) is 0 Å². The Bertz CT molecular complexity index is 956. The maximum absolute atomic E-state index is 14.0. The number of ether oxygens (including phenoxy) is 2. The van der Waals surface area contributed by atoms with Crippen molar-refractivity contribution in [1.82, 2.24) is 4.90 Å². The van der Waals surface area contributed by atoms with Crippen molar-refractivity contribution in [3.63, 3.8) is 0 Å². The molecule has 2 aromatic carbocycles. The number of anilines is 1. The number of aliphatic carboxylic acids is 1. The molecule has 1 unspecified atom stereocenters. The van der Waals surface area contributed by atoms with Crippen molar-refractivity contribution in [2.24, 2.45) is 0 Å². The van der Waals surface area contributed by atoms with Crippen LogP contribution in [0.5, 0.6) is 5.75 Å². The minimum atomic E-state index is -1.01. The SMILES string of the molecule is CCCCCCCN(CCOc1ccc(CC(OCC)C(=O)O)cc1)C(=O)Nc1ccc(F)cc1F. The molecule has 0 heterocycles. The van der Waals surface area contributed by atoms with Crippen LogP contribution >= 0.6 is 0 Å². The fourth-order valence-corrected chi connectivity index (χ4v) is 3.63. The monoisotopic (exact) mass is 506 g/mol. The molecule has 0 spiro atoms. The van der Waals surface area contributed by atoms with E-state index in [1.54, 1.807) is 36.1 Å². The number of hydrogen-bond donors (Lipinski definition) is 2. The van der Waals surface area contributed by atoms with Crippen LogP contribution in [0.3, 0.4) is 0 Å². The first-order valence-corrected chi connectivity index (χ1v) is 12.4. The van der Waals surface area contributed by atoms with Crippen LogP contribution in [-0.4, -0.2) is 54.4 Å². The summed E-state index contributed by atoms with van der Waals surface area (Å²) < 4.78 is 38.2. The van der Waals surface area contributed by atoms with E-state index in [2.05, 4.69) is 12.2 Å². The zero-order valence-corrected chi connectivity index (χ0v) is 21.0. The molecule has 2 rings (SSSR count). The molecule has 1 atom stereocenters. The van der Waals surface area contributed by atoms with Crippen LogP contribution in [0.2, 0.25) is 0 Å². The van der Waals surface area contributed by atoms with E-state index in [4.69, 9.17) is 9.47 Å². The van der Waals surface area contributed by atoms with Gasteiger partial charge in [0.05, 0.1) is 12.2 Å². The van der Waals surface area contributed by atoms with E-state index >= 15 is 0 Å². The Labute approximate surface area is 211 Å². The average molecular weight is 507 g/mol. The number of rotatable bonds is 16. The number of nitrogens with one attached hydrogen (secondary N) is 1. The molecule has 7 nitrogen and oxygen atoms in total. The molecule has 0 radical (unpaired) electrons. The molecule has 2 N–H and O–H groups in total. The van der Waals surface area contributed by atoms with Gasteiger partial charge in [0.25, 0.3) is 0 Å². The highest BCUT2D eigenvalue weighted by molar-refractivity contribution is 5.89. The van der Waals surface area contributed by atoms with Crippen LogP contribution in [0.1, 0.15) is 51.5 Å². The van der Waals surface area contributed by atoms with Crippen LogP contribution in [0.4, 0.5) is 19.3 Å². The first-order valence-electron chi connectivity index (χ1n) is 12.4. The second kappa shape index (κ2) is 15.7. The van der Waals surface area contributed by atoms with Crippen LogP contribution in [0, 0.1) is 11.6 Å². The number of benzene rings is 2. The number of carbonyl (C=O) groups excluding carboxylic acids is 1. The van der Waals surface area contributed by atoms with E-state index in [1.807, 2.05) is 0 Å². The summed E-state index contributed by atoms with van der Waals surface area (Å²) in [6.45, 7) is 5.16. The molecular weight excluding hydrogens is 470 g/mol. The summed E-state index contributed by atoms with van der Waals surface area (Å²) >= 11 is 0. The first kappa shape index (κ1) is 29.0. The van der Waals surface area contributed by atoms with E-state index in [9.17, 15) is 23.5 Å². The summed E-state index contributed by atoms with van der Waals surface area (Å²) in [5.41, 5.74) is 0.721. The molecule has 36 heavy (non-hydrogen) atoms. The van der Waals surface area contributed by atoms with Crippen molar-refractivity contribution < 1.29 is 33.0 Å². The van der Waals surface area contributed by atoms with Gasteiger partial charge < -0.3 is 24.8 Å². The smallest absolute Gasteiger partial charge is 0.333 e. The molecule has 0 saturated carbocycles. The van der Waals surface area contributed by atoms with Crippen molar-refractivity contribution in [2.75, 3.05) is 31.6 Å².